The lowest BCUT2D eigenvalue weighted by Crippen LogP contribution is -2.28. The Labute approximate surface area is 121 Å². The predicted molar refractivity (Wildman–Crippen MR) is 77.2 cm³/mol. The van der Waals surface area contributed by atoms with Crippen LogP contribution in [0.1, 0.15) is 35.7 Å². The van der Waals surface area contributed by atoms with Crippen LogP contribution < -0.4 is 5.32 Å². The van der Waals surface area contributed by atoms with Crippen molar-refractivity contribution >= 4 is 27.8 Å². The van der Waals surface area contributed by atoms with E-state index in [9.17, 15) is 9.59 Å². The third-order valence-corrected chi connectivity index (χ3v) is 3.77. The van der Waals surface area contributed by atoms with Crippen LogP contribution in [-0.4, -0.2) is 23.5 Å². The molecule has 0 saturated heterocycles. The average molecular weight is 328 g/mol. The Morgan fingerprint density at radius 1 is 1.42 bits per heavy atom. The molecule has 0 spiro atoms. The Kier molecular flexibility index (Phi) is 6.02. The van der Waals surface area contributed by atoms with Crippen LogP contribution in [0.15, 0.2) is 22.7 Å². The van der Waals surface area contributed by atoms with Crippen molar-refractivity contribution < 1.29 is 14.7 Å². The number of carboxylic acid groups (broad SMARTS) is 1. The first-order valence-corrected chi connectivity index (χ1v) is 6.95. The summed E-state index contributed by atoms with van der Waals surface area (Å²) in [5.74, 6) is -0.781. The Bertz CT molecular complexity index is 474. The molecule has 1 aromatic carbocycles. The minimum atomic E-state index is -0.804. The van der Waals surface area contributed by atoms with Gasteiger partial charge >= 0.3 is 5.97 Å². The van der Waals surface area contributed by atoms with E-state index < -0.39 is 5.97 Å². The van der Waals surface area contributed by atoms with Gasteiger partial charge in [-0.1, -0.05) is 22.9 Å². The van der Waals surface area contributed by atoms with Crippen molar-refractivity contribution in [2.24, 2.45) is 5.92 Å². The highest BCUT2D eigenvalue weighted by Crippen LogP contribution is 2.17. The van der Waals surface area contributed by atoms with Crippen LogP contribution in [0.2, 0.25) is 0 Å². The number of rotatable bonds is 6. The molecule has 0 aliphatic carbocycles. The van der Waals surface area contributed by atoms with Crippen LogP contribution in [0, 0.1) is 12.8 Å². The van der Waals surface area contributed by atoms with E-state index in [4.69, 9.17) is 5.11 Å². The summed E-state index contributed by atoms with van der Waals surface area (Å²) >= 11 is 3.39. The first-order valence-electron chi connectivity index (χ1n) is 6.16. The highest BCUT2D eigenvalue weighted by Gasteiger charge is 2.10. The zero-order valence-electron chi connectivity index (χ0n) is 11.1. The molecule has 1 atom stereocenters. The Balaban J connectivity index is 2.46. The van der Waals surface area contributed by atoms with Gasteiger partial charge in [-0.3, -0.25) is 9.59 Å². The molecule has 1 aromatic rings. The van der Waals surface area contributed by atoms with Gasteiger partial charge in [-0.2, -0.15) is 0 Å². The lowest BCUT2D eigenvalue weighted by Gasteiger charge is -2.12. The molecule has 0 bridgehead atoms. The normalized spacial score (nSPS) is 11.9. The average Bonchev–Trinajstić information content (AvgIpc) is 2.36. The van der Waals surface area contributed by atoms with Gasteiger partial charge in [0.15, 0.2) is 0 Å². The molecule has 104 valence electrons. The zero-order valence-corrected chi connectivity index (χ0v) is 12.7. The summed E-state index contributed by atoms with van der Waals surface area (Å²) in [6.45, 7) is 4.34. The fourth-order valence-corrected chi connectivity index (χ4v) is 1.87. The van der Waals surface area contributed by atoms with Crippen LogP contribution in [0.3, 0.4) is 0 Å². The molecule has 0 saturated carbocycles. The zero-order chi connectivity index (χ0) is 14.4. The number of halogens is 1. The Morgan fingerprint density at radius 2 is 2.11 bits per heavy atom. The Morgan fingerprint density at radius 3 is 2.68 bits per heavy atom. The number of hydrogen-bond acceptors (Lipinski definition) is 2. The Hall–Kier alpha value is -1.36. The maximum absolute atomic E-state index is 11.9. The highest BCUT2D eigenvalue weighted by atomic mass is 79.9. The monoisotopic (exact) mass is 327 g/mol. The lowest BCUT2D eigenvalue weighted by atomic mass is 10.1. The summed E-state index contributed by atoms with van der Waals surface area (Å²) < 4.78 is 0.971. The molecule has 0 aliphatic heterocycles. The largest absolute Gasteiger partial charge is 0.481 e. The quantitative estimate of drug-likeness (QED) is 0.844. The van der Waals surface area contributed by atoms with Gasteiger partial charge in [-0.15, -0.1) is 0 Å². The minimum absolute atomic E-state index is 0.127. The van der Waals surface area contributed by atoms with Crippen molar-refractivity contribution in [1.82, 2.24) is 5.32 Å². The highest BCUT2D eigenvalue weighted by molar-refractivity contribution is 9.10. The van der Waals surface area contributed by atoms with Crippen molar-refractivity contribution in [2.45, 2.75) is 26.7 Å². The number of aliphatic carboxylic acids is 1. The fraction of sp³-hybridized carbons (Fsp3) is 0.429. The first-order chi connectivity index (χ1) is 8.90. The predicted octanol–water partition coefficient (Wildman–Crippen LogP) is 2.99. The number of benzene rings is 1. The van der Waals surface area contributed by atoms with E-state index in [0.717, 1.165) is 10.0 Å². The molecular weight excluding hydrogens is 310 g/mol. The second-order valence-corrected chi connectivity index (χ2v) is 5.57. The molecule has 0 aromatic heterocycles. The van der Waals surface area contributed by atoms with Crippen molar-refractivity contribution in [1.29, 1.82) is 0 Å². The van der Waals surface area contributed by atoms with Gasteiger partial charge in [-0.25, -0.2) is 0 Å². The van der Waals surface area contributed by atoms with E-state index in [-0.39, 0.29) is 18.2 Å². The summed E-state index contributed by atoms with van der Waals surface area (Å²) in [5, 5.41) is 11.4. The van der Waals surface area contributed by atoms with Crippen molar-refractivity contribution in [3.05, 3.63) is 33.8 Å². The van der Waals surface area contributed by atoms with Crippen molar-refractivity contribution in [3.63, 3.8) is 0 Å². The van der Waals surface area contributed by atoms with Crippen LogP contribution in [-0.2, 0) is 4.79 Å². The van der Waals surface area contributed by atoms with Gasteiger partial charge in [0, 0.05) is 23.0 Å². The molecule has 2 N–H and O–H groups in total. The number of nitrogens with one attached hydrogen (secondary N) is 1. The molecule has 0 aliphatic rings. The number of hydrogen-bond donors (Lipinski definition) is 2. The summed E-state index contributed by atoms with van der Waals surface area (Å²) in [7, 11) is 0. The summed E-state index contributed by atoms with van der Waals surface area (Å²) in [4.78, 5) is 22.3. The smallest absolute Gasteiger partial charge is 0.303 e. The van der Waals surface area contributed by atoms with E-state index >= 15 is 0 Å². The van der Waals surface area contributed by atoms with E-state index in [1.54, 1.807) is 6.07 Å². The molecule has 0 fully saturated rings. The van der Waals surface area contributed by atoms with Gasteiger partial charge in [0.05, 0.1) is 0 Å². The number of carboxylic acids is 1. The van der Waals surface area contributed by atoms with E-state index in [1.807, 2.05) is 26.0 Å². The van der Waals surface area contributed by atoms with Gasteiger partial charge < -0.3 is 10.4 Å². The molecule has 5 heteroatoms. The van der Waals surface area contributed by atoms with Gasteiger partial charge in [0.2, 0.25) is 0 Å². The lowest BCUT2D eigenvalue weighted by molar-refractivity contribution is -0.137. The van der Waals surface area contributed by atoms with Gasteiger partial charge in [0.25, 0.3) is 5.91 Å². The van der Waals surface area contributed by atoms with Gasteiger partial charge in [-0.05, 0) is 43.0 Å². The minimum Gasteiger partial charge on any atom is -0.481 e. The molecule has 0 radical (unpaired) electrons. The topological polar surface area (TPSA) is 66.4 Å². The van der Waals surface area contributed by atoms with Crippen molar-refractivity contribution in [2.75, 3.05) is 6.54 Å². The van der Waals surface area contributed by atoms with Gasteiger partial charge in [0.1, 0.15) is 0 Å². The number of aryl methyl sites for hydroxylation is 1. The van der Waals surface area contributed by atoms with E-state index in [0.29, 0.717) is 18.5 Å². The summed E-state index contributed by atoms with van der Waals surface area (Å²) in [6.07, 6.45) is 0.698. The standard InChI is InChI=1S/C14H18BrNO3/c1-9(3-6-13(17)18)8-16-14(19)11-4-5-12(15)10(2)7-11/h4-5,7,9H,3,6,8H2,1-2H3,(H,16,19)(H,17,18). The molecule has 1 rings (SSSR count). The SMILES string of the molecule is Cc1cc(C(=O)NCC(C)CCC(=O)O)ccc1Br. The van der Waals surface area contributed by atoms with Crippen LogP contribution in [0.4, 0.5) is 0 Å². The summed E-state index contributed by atoms with van der Waals surface area (Å²) in [6, 6.07) is 5.42. The second kappa shape index (κ2) is 7.28. The number of carbonyl (C=O) groups is 2. The first kappa shape index (κ1) is 15.7. The molecular formula is C14H18BrNO3. The summed E-state index contributed by atoms with van der Waals surface area (Å²) in [5.41, 5.74) is 1.62. The van der Waals surface area contributed by atoms with Crippen LogP contribution >= 0.6 is 15.9 Å². The van der Waals surface area contributed by atoms with Crippen molar-refractivity contribution in [3.8, 4) is 0 Å². The number of carbonyl (C=O) groups excluding carboxylic acids is 1. The molecule has 1 unspecified atom stereocenters. The van der Waals surface area contributed by atoms with Crippen LogP contribution in [0.5, 0.6) is 0 Å². The third-order valence-electron chi connectivity index (χ3n) is 2.88. The number of amides is 1. The van der Waals surface area contributed by atoms with Crippen LogP contribution in [0.25, 0.3) is 0 Å². The molecule has 1 amide bonds. The molecule has 19 heavy (non-hydrogen) atoms. The maximum atomic E-state index is 11.9. The van der Waals surface area contributed by atoms with E-state index in [2.05, 4.69) is 21.2 Å². The third kappa shape index (κ3) is 5.42. The fourth-order valence-electron chi connectivity index (χ4n) is 1.63. The molecule has 0 heterocycles. The second-order valence-electron chi connectivity index (χ2n) is 4.71. The van der Waals surface area contributed by atoms with E-state index in [1.165, 1.54) is 0 Å². The molecule has 4 nitrogen and oxygen atoms in total. The maximum Gasteiger partial charge on any atom is 0.303 e.